The molecule has 0 radical (unpaired) electrons. The van der Waals surface area contributed by atoms with Crippen molar-refractivity contribution in [1.29, 1.82) is 0 Å². The summed E-state index contributed by atoms with van der Waals surface area (Å²) in [4.78, 5) is 22.4. The van der Waals surface area contributed by atoms with Gasteiger partial charge in [-0.3, -0.25) is 4.79 Å². The molecule has 1 aliphatic heterocycles. The number of aromatic nitrogens is 2. The maximum absolute atomic E-state index is 12.6. The summed E-state index contributed by atoms with van der Waals surface area (Å²) < 4.78 is 5.22. The molecule has 2 heterocycles. The number of nitrogens with zero attached hydrogens (tertiary/aromatic N) is 2. The number of carbonyl (C=O) groups excluding carboxylic acids is 1. The van der Waals surface area contributed by atoms with E-state index in [-0.39, 0.29) is 11.2 Å². The number of aromatic amines is 1. The second kappa shape index (κ2) is 6.83. The standard InChI is InChI=1S/C17H23N3O2S/c1-11-6-8-20(9-7-11)16(21)12(2)23-17-18-14-5-4-13(22-3)10-15(14)19-17/h4-5,10-12H,6-9H2,1-3H3,(H,18,19)/t12-/m1/s1. The van der Waals surface area contributed by atoms with Crippen LogP contribution in [-0.2, 0) is 4.79 Å². The lowest BCUT2D eigenvalue weighted by atomic mass is 9.99. The largest absolute Gasteiger partial charge is 0.497 e. The van der Waals surface area contributed by atoms with Crippen molar-refractivity contribution in [1.82, 2.24) is 14.9 Å². The maximum Gasteiger partial charge on any atom is 0.235 e. The fraction of sp³-hybridized carbons (Fsp3) is 0.529. The number of ether oxygens (including phenoxy) is 1. The van der Waals surface area contributed by atoms with Crippen LogP contribution >= 0.6 is 11.8 Å². The first-order valence-electron chi connectivity index (χ1n) is 8.06. The van der Waals surface area contributed by atoms with E-state index < -0.39 is 0 Å². The molecule has 6 heteroatoms. The van der Waals surface area contributed by atoms with Crippen molar-refractivity contribution in [2.75, 3.05) is 20.2 Å². The zero-order valence-electron chi connectivity index (χ0n) is 13.8. The van der Waals surface area contributed by atoms with Crippen molar-refractivity contribution in [2.24, 2.45) is 5.92 Å². The number of thioether (sulfide) groups is 1. The number of imidazole rings is 1. The van der Waals surface area contributed by atoms with E-state index in [0.717, 1.165) is 53.8 Å². The summed E-state index contributed by atoms with van der Waals surface area (Å²) in [7, 11) is 1.65. The molecule has 3 rings (SSSR count). The summed E-state index contributed by atoms with van der Waals surface area (Å²) >= 11 is 1.49. The van der Waals surface area contributed by atoms with E-state index in [1.807, 2.05) is 30.0 Å². The summed E-state index contributed by atoms with van der Waals surface area (Å²) in [5.41, 5.74) is 1.82. The Morgan fingerprint density at radius 2 is 2.17 bits per heavy atom. The number of benzene rings is 1. The molecule has 1 amide bonds. The van der Waals surface area contributed by atoms with Gasteiger partial charge >= 0.3 is 0 Å². The van der Waals surface area contributed by atoms with Crippen LogP contribution in [0.3, 0.4) is 0 Å². The van der Waals surface area contributed by atoms with Crippen LogP contribution in [-0.4, -0.2) is 46.2 Å². The van der Waals surface area contributed by atoms with Crippen LogP contribution in [0.25, 0.3) is 11.0 Å². The Morgan fingerprint density at radius 1 is 1.43 bits per heavy atom. The lowest BCUT2D eigenvalue weighted by Gasteiger charge is -2.31. The Labute approximate surface area is 140 Å². The van der Waals surface area contributed by atoms with Gasteiger partial charge < -0.3 is 14.6 Å². The summed E-state index contributed by atoms with van der Waals surface area (Å²) in [6, 6.07) is 5.74. The molecule has 0 unspecified atom stereocenters. The predicted octanol–water partition coefficient (Wildman–Crippen LogP) is 3.31. The molecule has 23 heavy (non-hydrogen) atoms. The van der Waals surface area contributed by atoms with Gasteiger partial charge in [0.1, 0.15) is 5.75 Å². The zero-order chi connectivity index (χ0) is 16.4. The number of likely N-dealkylation sites (tertiary alicyclic amines) is 1. The summed E-state index contributed by atoms with van der Waals surface area (Å²) in [6.07, 6.45) is 2.21. The molecule has 2 aromatic rings. The third-order valence-corrected chi connectivity index (χ3v) is 5.37. The molecule has 5 nitrogen and oxygen atoms in total. The summed E-state index contributed by atoms with van der Waals surface area (Å²) in [5, 5.41) is 0.644. The van der Waals surface area contributed by atoms with E-state index in [2.05, 4.69) is 16.9 Å². The topological polar surface area (TPSA) is 58.2 Å². The van der Waals surface area contributed by atoms with Gasteiger partial charge in [0, 0.05) is 19.2 Å². The number of piperidine rings is 1. The van der Waals surface area contributed by atoms with Crippen LogP contribution in [0.1, 0.15) is 26.7 Å². The zero-order valence-corrected chi connectivity index (χ0v) is 14.7. The molecule has 0 saturated carbocycles. The third-order valence-electron chi connectivity index (χ3n) is 4.40. The average molecular weight is 333 g/mol. The SMILES string of the molecule is COc1ccc2nc(S[C@H](C)C(=O)N3CCC(C)CC3)[nH]c2c1. The van der Waals surface area contributed by atoms with Gasteiger partial charge in [0.15, 0.2) is 5.16 Å². The van der Waals surface area contributed by atoms with E-state index in [1.54, 1.807) is 7.11 Å². The van der Waals surface area contributed by atoms with E-state index in [1.165, 1.54) is 11.8 Å². The highest BCUT2D eigenvalue weighted by Gasteiger charge is 2.25. The lowest BCUT2D eigenvalue weighted by Crippen LogP contribution is -2.41. The number of carbonyl (C=O) groups is 1. The number of nitrogens with one attached hydrogen (secondary N) is 1. The molecular formula is C17H23N3O2S. The van der Waals surface area contributed by atoms with Crippen molar-refractivity contribution in [3.05, 3.63) is 18.2 Å². The van der Waals surface area contributed by atoms with Gasteiger partial charge in [0.2, 0.25) is 5.91 Å². The van der Waals surface area contributed by atoms with Crippen LogP contribution < -0.4 is 4.74 Å². The molecule has 1 aliphatic rings. The Balaban J connectivity index is 1.67. The quantitative estimate of drug-likeness (QED) is 0.872. The van der Waals surface area contributed by atoms with Gasteiger partial charge in [0.05, 0.1) is 23.4 Å². The highest BCUT2D eigenvalue weighted by Crippen LogP contribution is 2.27. The van der Waals surface area contributed by atoms with E-state index in [4.69, 9.17) is 4.74 Å². The van der Waals surface area contributed by atoms with Gasteiger partial charge in [-0.25, -0.2) is 4.98 Å². The Morgan fingerprint density at radius 3 is 2.87 bits per heavy atom. The molecule has 1 aromatic carbocycles. The second-order valence-electron chi connectivity index (χ2n) is 6.19. The minimum absolute atomic E-state index is 0.133. The Hall–Kier alpha value is -1.69. The highest BCUT2D eigenvalue weighted by molar-refractivity contribution is 8.00. The smallest absolute Gasteiger partial charge is 0.235 e. The molecule has 0 bridgehead atoms. The number of hydrogen-bond acceptors (Lipinski definition) is 4. The van der Waals surface area contributed by atoms with Gasteiger partial charge in [-0.15, -0.1) is 0 Å². The molecule has 0 aliphatic carbocycles. The van der Waals surface area contributed by atoms with Crippen LogP contribution in [0.15, 0.2) is 23.4 Å². The molecule has 1 saturated heterocycles. The van der Waals surface area contributed by atoms with Crippen LogP contribution in [0.4, 0.5) is 0 Å². The number of methoxy groups -OCH3 is 1. The number of rotatable bonds is 4. The van der Waals surface area contributed by atoms with Gasteiger partial charge in [-0.2, -0.15) is 0 Å². The summed E-state index contributed by atoms with van der Waals surface area (Å²) in [5.74, 6) is 1.73. The Kier molecular flexibility index (Phi) is 4.80. The van der Waals surface area contributed by atoms with Crippen LogP contribution in [0.2, 0.25) is 0 Å². The highest BCUT2D eigenvalue weighted by atomic mass is 32.2. The molecule has 1 fully saturated rings. The minimum atomic E-state index is -0.133. The number of H-pyrrole nitrogens is 1. The normalized spacial score (nSPS) is 17.4. The Bertz CT molecular complexity index is 692. The van der Waals surface area contributed by atoms with Crippen molar-refractivity contribution >= 4 is 28.7 Å². The fourth-order valence-corrected chi connectivity index (χ4v) is 3.76. The van der Waals surface area contributed by atoms with Crippen molar-refractivity contribution < 1.29 is 9.53 Å². The van der Waals surface area contributed by atoms with Gasteiger partial charge in [-0.05, 0) is 37.8 Å². The van der Waals surface area contributed by atoms with Crippen LogP contribution in [0.5, 0.6) is 5.75 Å². The molecular weight excluding hydrogens is 310 g/mol. The summed E-state index contributed by atoms with van der Waals surface area (Å²) in [6.45, 7) is 5.96. The number of amides is 1. The molecule has 1 aromatic heterocycles. The van der Waals surface area contributed by atoms with E-state index >= 15 is 0 Å². The molecule has 1 atom stereocenters. The molecule has 0 spiro atoms. The van der Waals surface area contributed by atoms with Gasteiger partial charge in [0.25, 0.3) is 0 Å². The first-order valence-corrected chi connectivity index (χ1v) is 8.94. The predicted molar refractivity (Wildman–Crippen MR) is 92.9 cm³/mol. The lowest BCUT2D eigenvalue weighted by molar-refractivity contribution is -0.131. The fourth-order valence-electron chi connectivity index (χ4n) is 2.85. The van der Waals surface area contributed by atoms with E-state index in [9.17, 15) is 4.79 Å². The maximum atomic E-state index is 12.6. The van der Waals surface area contributed by atoms with Crippen LogP contribution in [0, 0.1) is 5.92 Å². The van der Waals surface area contributed by atoms with Gasteiger partial charge in [-0.1, -0.05) is 18.7 Å². The van der Waals surface area contributed by atoms with Crippen molar-refractivity contribution in [3.8, 4) is 5.75 Å². The molecule has 1 N–H and O–H groups in total. The van der Waals surface area contributed by atoms with Crippen molar-refractivity contribution in [2.45, 2.75) is 37.1 Å². The number of hydrogen-bond donors (Lipinski definition) is 1. The minimum Gasteiger partial charge on any atom is -0.497 e. The molecule has 124 valence electrons. The average Bonchev–Trinajstić information content (AvgIpc) is 2.95. The monoisotopic (exact) mass is 333 g/mol. The number of fused-ring (bicyclic) bond motifs is 1. The second-order valence-corrected chi connectivity index (χ2v) is 7.52. The first kappa shape index (κ1) is 16.2. The first-order chi connectivity index (χ1) is 11.1. The van der Waals surface area contributed by atoms with E-state index in [0.29, 0.717) is 0 Å². The van der Waals surface area contributed by atoms with Crippen molar-refractivity contribution in [3.63, 3.8) is 0 Å². The third kappa shape index (κ3) is 3.63.